The van der Waals surface area contributed by atoms with Gasteiger partial charge < -0.3 is 9.64 Å². The van der Waals surface area contributed by atoms with Gasteiger partial charge in [-0.05, 0) is 36.4 Å². The average molecular weight is 386 g/mol. The second-order valence-corrected chi connectivity index (χ2v) is 8.07. The lowest BCUT2D eigenvalue weighted by molar-refractivity contribution is 0.0698. The summed E-state index contributed by atoms with van der Waals surface area (Å²) in [5, 5.41) is 0. The Kier molecular flexibility index (Phi) is 5.93. The maximum Gasteiger partial charge on any atom is 0.253 e. The fourth-order valence-corrected chi connectivity index (χ4v) is 4.35. The molecule has 27 heavy (non-hydrogen) atoms. The molecule has 0 radical (unpaired) electrons. The van der Waals surface area contributed by atoms with Gasteiger partial charge in [-0.1, -0.05) is 30.9 Å². The minimum absolute atomic E-state index is 0.109. The Morgan fingerprint density at radius 1 is 1.00 bits per heavy atom. The minimum Gasteiger partial charge on any atom is -0.490 e. The molecular formula is C20H22N2O4S. The van der Waals surface area contributed by atoms with Gasteiger partial charge in [0.1, 0.15) is 12.4 Å². The molecule has 3 rings (SSSR count). The van der Waals surface area contributed by atoms with Crippen molar-refractivity contribution < 1.29 is 17.9 Å². The second-order valence-electron chi connectivity index (χ2n) is 6.13. The number of amides is 1. The van der Waals surface area contributed by atoms with Crippen molar-refractivity contribution in [1.29, 1.82) is 0 Å². The molecule has 1 aliphatic heterocycles. The number of carbonyl (C=O) groups excluding carboxylic acids is 1. The summed E-state index contributed by atoms with van der Waals surface area (Å²) in [5.74, 6) is 0.562. The van der Waals surface area contributed by atoms with Crippen molar-refractivity contribution in [3.8, 4) is 5.75 Å². The van der Waals surface area contributed by atoms with Gasteiger partial charge in [-0.25, -0.2) is 8.42 Å². The first-order chi connectivity index (χ1) is 13.0. The Bertz CT molecular complexity index is 887. The molecule has 6 nitrogen and oxygen atoms in total. The van der Waals surface area contributed by atoms with Gasteiger partial charge in [-0.2, -0.15) is 4.31 Å². The van der Waals surface area contributed by atoms with Crippen molar-refractivity contribution in [1.82, 2.24) is 9.21 Å². The number of carbonyl (C=O) groups is 1. The largest absolute Gasteiger partial charge is 0.490 e. The predicted molar refractivity (Wildman–Crippen MR) is 103 cm³/mol. The SMILES string of the molecule is C=CCOc1ccc(C(=O)N2CCN(S(=O)(=O)c3ccccc3)CC2)cc1. The van der Waals surface area contributed by atoms with Crippen molar-refractivity contribution in [2.75, 3.05) is 32.8 Å². The molecule has 0 atom stereocenters. The molecule has 0 N–H and O–H groups in total. The normalized spacial score (nSPS) is 15.3. The summed E-state index contributed by atoms with van der Waals surface area (Å²) in [5.41, 5.74) is 0.556. The van der Waals surface area contributed by atoms with E-state index in [1.807, 2.05) is 0 Å². The highest BCUT2D eigenvalue weighted by atomic mass is 32.2. The van der Waals surface area contributed by atoms with Crippen LogP contribution in [-0.2, 0) is 10.0 Å². The lowest BCUT2D eigenvalue weighted by Crippen LogP contribution is -2.50. The molecule has 0 aliphatic carbocycles. The average Bonchev–Trinajstić information content (AvgIpc) is 2.73. The zero-order valence-corrected chi connectivity index (χ0v) is 15.8. The first-order valence-corrected chi connectivity index (χ1v) is 10.1. The number of rotatable bonds is 6. The highest BCUT2D eigenvalue weighted by molar-refractivity contribution is 7.89. The van der Waals surface area contributed by atoms with Crippen LogP contribution in [0, 0.1) is 0 Å². The van der Waals surface area contributed by atoms with Gasteiger partial charge >= 0.3 is 0 Å². The summed E-state index contributed by atoms with van der Waals surface area (Å²) < 4.78 is 32.2. The third kappa shape index (κ3) is 4.37. The van der Waals surface area contributed by atoms with Crippen LogP contribution in [0.3, 0.4) is 0 Å². The summed E-state index contributed by atoms with van der Waals surface area (Å²) in [6.07, 6.45) is 1.65. The van der Waals surface area contributed by atoms with Crippen molar-refractivity contribution in [2.24, 2.45) is 0 Å². The zero-order chi connectivity index (χ0) is 19.3. The molecule has 1 fully saturated rings. The smallest absolute Gasteiger partial charge is 0.253 e. The number of hydrogen-bond acceptors (Lipinski definition) is 4. The van der Waals surface area contributed by atoms with Crippen LogP contribution in [0.1, 0.15) is 10.4 Å². The molecular weight excluding hydrogens is 364 g/mol. The van der Waals surface area contributed by atoms with Gasteiger partial charge in [0.2, 0.25) is 10.0 Å². The van der Waals surface area contributed by atoms with E-state index in [-0.39, 0.29) is 23.9 Å². The van der Waals surface area contributed by atoms with Crippen LogP contribution < -0.4 is 4.74 Å². The van der Waals surface area contributed by atoms with Crippen molar-refractivity contribution in [3.05, 3.63) is 72.8 Å². The van der Waals surface area contributed by atoms with Gasteiger partial charge in [0, 0.05) is 31.7 Å². The summed E-state index contributed by atoms with van der Waals surface area (Å²) in [7, 11) is -3.52. The van der Waals surface area contributed by atoms with E-state index in [9.17, 15) is 13.2 Å². The number of piperazine rings is 1. The Hall–Kier alpha value is -2.64. The molecule has 0 spiro atoms. The lowest BCUT2D eigenvalue weighted by Gasteiger charge is -2.34. The predicted octanol–water partition coefficient (Wildman–Crippen LogP) is 2.40. The monoisotopic (exact) mass is 386 g/mol. The number of benzene rings is 2. The van der Waals surface area contributed by atoms with Gasteiger partial charge in [-0.3, -0.25) is 4.79 Å². The topological polar surface area (TPSA) is 66.9 Å². The van der Waals surface area contributed by atoms with Gasteiger partial charge in [0.05, 0.1) is 4.90 Å². The second kappa shape index (κ2) is 8.37. The van der Waals surface area contributed by atoms with Crippen LogP contribution in [0.2, 0.25) is 0 Å². The third-order valence-electron chi connectivity index (χ3n) is 4.38. The number of hydrogen-bond donors (Lipinski definition) is 0. The van der Waals surface area contributed by atoms with Crippen molar-refractivity contribution in [2.45, 2.75) is 4.90 Å². The number of nitrogens with zero attached hydrogens (tertiary/aromatic N) is 2. The highest BCUT2D eigenvalue weighted by Gasteiger charge is 2.30. The van der Waals surface area contributed by atoms with E-state index in [0.717, 1.165) is 0 Å². The summed E-state index contributed by atoms with van der Waals surface area (Å²) >= 11 is 0. The molecule has 142 valence electrons. The Balaban J connectivity index is 1.62. The van der Waals surface area contributed by atoms with Gasteiger partial charge in [0.15, 0.2) is 0 Å². The van der Waals surface area contributed by atoms with E-state index in [0.29, 0.717) is 31.0 Å². The van der Waals surface area contributed by atoms with Gasteiger partial charge in [0.25, 0.3) is 5.91 Å². The first kappa shape index (κ1) is 19.1. The van der Waals surface area contributed by atoms with E-state index >= 15 is 0 Å². The van der Waals surface area contributed by atoms with E-state index in [1.165, 1.54) is 4.31 Å². The van der Waals surface area contributed by atoms with Crippen LogP contribution in [0.4, 0.5) is 0 Å². The Labute approximate surface area is 159 Å². The standard InChI is InChI=1S/C20H22N2O4S/c1-2-16-26-18-10-8-17(9-11-18)20(23)21-12-14-22(15-13-21)27(24,25)19-6-4-3-5-7-19/h2-11H,1,12-16H2. The number of ether oxygens (including phenoxy) is 1. The zero-order valence-electron chi connectivity index (χ0n) is 15.0. The van der Waals surface area contributed by atoms with E-state index in [1.54, 1.807) is 65.6 Å². The van der Waals surface area contributed by atoms with Crippen LogP contribution in [0.25, 0.3) is 0 Å². The maximum absolute atomic E-state index is 12.7. The summed E-state index contributed by atoms with van der Waals surface area (Å²) in [6.45, 7) is 5.28. The molecule has 7 heteroatoms. The Morgan fingerprint density at radius 2 is 1.63 bits per heavy atom. The Morgan fingerprint density at radius 3 is 2.22 bits per heavy atom. The van der Waals surface area contributed by atoms with E-state index < -0.39 is 10.0 Å². The molecule has 2 aromatic rings. The molecule has 0 unspecified atom stereocenters. The summed E-state index contributed by atoms with van der Waals surface area (Å²) in [6, 6.07) is 15.3. The number of sulfonamides is 1. The molecule has 0 aromatic heterocycles. The lowest BCUT2D eigenvalue weighted by atomic mass is 10.2. The first-order valence-electron chi connectivity index (χ1n) is 8.70. The highest BCUT2D eigenvalue weighted by Crippen LogP contribution is 2.19. The maximum atomic E-state index is 12.7. The third-order valence-corrected chi connectivity index (χ3v) is 6.29. The molecule has 1 saturated heterocycles. The van der Waals surface area contributed by atoms with Crippen molar-refractivity contribution >= 4 is 15.9 Å². The fraction of sp³-hybridized carbons (Fsp3) is 0.250. The fourth-order valence-electron chi connectivity index (χ4n) is 2.90. The summed E-state index contributed by atoms with van der Waals surface area (Å²) in [4.78, 5) is 14.6. The molecule has 1 heterocycles. The van der Waals surface area contributed by atoms with Crippen LogP contribution in [0.15, 0.2) is 72.1 Å². The van der Waals surface area contributed by atoms with Crippen LogP contribution in [-0.4, -0.2) is 56.3 Å². The molecule has 2 aromatic carbocycles. The molecule has 0 bridgehead atoms. The molecule has 0 saturated carbocycles. The van der Waals surface area contributed by atoms with E-state index in [2.05, 4.69) is 6.58 Å². The van der Waals surface area contributed by atoms with Gasteiger partial charge in [-0.15, -0.1) is 0 Å². The quantitative estimate of drug-likeness (QED) is 0.715. The minimum atomic E-state index is -3.52. The molecule has 1 amide bonds. The van der Waals surface area contributed by atoms with Crippen molar-refractivity contribution in [3.63, 3.8) is 0 Å². The molecule has 1 aliphatic rings. The van der Waals surface area contributed by atoms with Crippen LogP contribution >= 0.6 is 0 Å². The van der Waals surface area contributed by atoms with Crippen LogP contribution in [0.5, 0.6) is 5.75 Å². The van der Waals surface area contributed by atoms with E-state index in [4.69, 9.17) is 4.74 Å².